The first-order valence-corrected chi connectivity index (χ1v) is 10.2. The van der Waals surface area contributed by atoms with Crippen molar-refractivity contribution in [3.63, 3.8) is 0 Å². The molecule has 0 heterocycles. The summed E-state index contributed by atoms with van der Waals surface area (Å²) in [5, 5.41) is 5.72. The van der Waals surface area contributed by atoms with Crippen LogP contribution in [-0.2, 0) is 4.79 Å². The minimum Gasteiger partial charge on any atom is -0.493 e. The van der Waals surface area contributed by atoms with Gasteiger partial charge >= 0.3 is 0 Å². The minimum atomic E-state index is -0.382. The van der Waals surface area contributed by atoms with E-state index in [1.54, 1.807) is 30.3 Å². The second-order valence-corrected chi connectivity index (χ2v) is 6.95. The third-order valence-corrected chi connectivity index (χ3v) is 4.69. The summed E-state index contributed by atoms with van der Waals surface area (Å²) in [6.07, 6.45) is 1.64. The van der Waals surface area contributed by atoms with Crippen LogP contribution >= 0.6 is 0 Å². The predicted molar refractivity (Wildman–Crippen MR) is 122 cm³/mol. The van der Waals surface area contributed by atoms with E-state index in [9.17, 15) is 9.59 Å². The Labute approximate surface area is 182 Å². The van der Waals surface area contributed by atoms with Gasteiger partial charge in [0.15, 0.2) is 0 Å². The van der Waals surface area contributed by atoms with Gasteiger partial charge in [-0.1, -0.05) is 66.7 Å². The second kappa shape index (κ2) is 10.8. The van der Waals surface area contributed by atoms with Crippen molar-refractivity contribution in [2.45, 2.75) is 19.9 Å². The summed E-state index contributed by atoms with van der Waals surface area (Å²) in [5.41, 5.74) is 2.29. The summed E-state index contributed by atoms with van der Waals surface area (Å²) in [7, 11) is 0. The maximum absolute atomic E-state index is 13.1. The standard InChI is InChI=1S/C26H26N2O3/c1-3-31-24-17-11-10-16-22(24)18-23(28-25(29)21-14-8-5-9-15-21)26(30)27-19(2)20-12-6-4-7-13-20/h4-19H,3H2,1-2H3,(H,27,30)(H,28,29)/b23-18+/t19-/m0/s1. The van der Waals surface area contributed by atoms with E-state index in [0.717, 1.165) is 5.56 Å². The number of carbonyl (C=O) groups is 2. The SMILES string of the molecule is CCOc1ccccc1/C=C(/NC(=O)c1ccccc1)C(=O)N[C@@H](C)c1ccccc1. The number of hydrogen-bond acceptors (Lipinski definition) is 3. The van der Waals surface area contributed by atoms with Crippen LogP contribution in [-0.4, -0.2) is 18.4 Å². The van der Waals surface area contributed by atoms with Crippen molar-refractivity contribution >= 4 is 17.9 Å². The van der Waals surface area contributed by atoms with Crippen molar-refractivity contribution in [2.24, 2.45) is 0 Å². The van der Waals surface area contributed by atoms with Crippen molar-refractivity contribution in [3.05, 3.63) is 107 Å². The molecule has 3 aromatic rings. The van der Waals surface area contributed by atoms with Crippen molar-refractivity contribution < 1.29 is 14.3 Å². The highest BCUT2D eigenvalue weighted by Crippen LogP contribution is 2.21. The maximum atomic E-state index is 13.1. The summed E-state index contributed by atoms with van der Waals surface area (Å²) in [5.74, 6) is -0.101. The van der Waals surface area contributed by atoms with E-state index < -0.39 is 0 Å². The Balaban J connectivity index is 1.90. The van der Waals surface area contributed by atoms with Crippen LogP contribution in [0.1, 0.15) is 41.4 Å². The molecule has 0 aliphatic carbocycles. The summed E-state index contributed by atoms with van der Waals surface area (Å²) in [4.78, 5) is 25.9. The van der Waals surface area contributed by atoms with E-state index in [4.69, 9.17) is 4.74 Å². The van der Waals surface area contributed by atoms with E-state index in [0.29, 0.717) is 23.5 Å². The van der Waals surface area contributed by atoms with Crippen LogP contribution < -0.4 is 15.4 Å². The van der Waals surface area contributed by atoms with E-state index in [1.165, 1.54) is 0 Å². The highest BCUT2D eigenvalue weighted by Gasteiger charge is 2.18. The van der Waals surface area contributed by atoms with Gasteiger partial charge in [0, 0.05) is 11.1 Å². The van der Waals surface area contributed by atoms with Crippen LogP contribution in [0.3, 0.4) is 0 Å². The molecule has 0 spiro atoms. The van der Waals surface area contributed by atoms with Crippen LogP contribution in [0.2, 0.25) is 0 Å². The monoisotopic (exact) mass is 414 g/mol. The molecule has 31 heavy (non-hydrogen) atoms. The Morgan fingerprint density at radius 2 is 1.52 bits per heavy atom. The lowest BCUT2D eigenvalue weighted by molar-refractivity contribution is -0.118. The summed E-state index contributed by atoms with van der Waals surface area (Å²) in [6.45, 7) is 4.29. The molecule has 1 atom stereocenters. The summed E-state index contributed by atoms with van der Waals surface area (Å²) >= 11 is 0. The topological polar surface area (TPSA) is 67.4 Å². The molecule has 0 aliphatic rings. The Bertz CT molecular complexity index is 1050. The predicted octanol–water partition coefficient (Wildman–Crippen LogP) is 4.73. The molecule has 5 nitrogen and oxygen atoms in total. The fourth-order valence-corrected chi connectivity index (χ4v) is 3.08. The smallest absolute Gasteiger partial charge is 0.268 e. The maximum Gasteiger partial charge on any atom is 0.268 e. The number of benzene rings is 3. The normalized spacial score (nSPS) is 12.0. The zero-order valence-electron chi connectivity index (χ0n) is 17.7. The first-order valence-electron chi connectivity index (χ1n) is 10.2. The number of hydrogen-bond donors (Lipinski definition) is 2. The molecule has 0 aliphatic heterocycles. The molecule has 0 saturated heterocycles. The fourth-order valence-electron chi connectivity index (χ4n) is 3.08. The zero-order valence-corrected chi connectivity index (χ0v) is 17.7. The third-order valence-electron chi connectivity index (χ3n) is 4.69. The molecular weight excluding hydrogens is 388 g/mol. The first-order chi connectivity index (χ1) is 15.1. The molecule has 5 heteroatoms. The van der Waals surface area contributed by atoms with Gasteiger partial charge in [-0.15, -0.1) is 0 Å². The zero-order chi connectivity index (χ0) is 22.1. The highest BCUT2D eigenvalue weighted by molar-refractivity contribution is 6.05. The Kier molecular flexibility index (Phi) is 7.60. The molecule has 0 aromatic heterocycles. The first kappa shape index (κ1) is 21.8. The Morgan fingerprint density at radius 3 is 2.19 bits per heavy atom. The molecule has 2 N–H and O–H groups in total. The van der Waals surface area contributed by atoms with E-state index in [-0.39, 0.29) is 23.6 Å². The third kappa shape index (κ3) is 6.06. The molecule has 0 saturated carbocycles. The van der Waals surface area contributed by atoms with Gasteiger partial charge in [0.05, 0.1) is 12.6 Å². The van der Waals surface area contributed by atoms with Crippen molar-refractivity contribution in [1.82, 2.24) is 10.6 Å². The van der Waals surface area contributed by atoms with E-state index in [1.807, 2.05) is 74.5 Å². The lowest BCUT2D eigenvalue weighted by Crippen LogP contribution is -2.36. The number of nitrogens with one attached hydrogen (secondary N) is 2. The number of rotatable bonds is 8. The Hall–Kier alpha value is -3.86. The number of ether oxygens (including phenoxy) is 1. The van der Waals surface area contributed by atoms with Gasteiger partial charge in [0.2, 0.25) is 0 Å². The molecule has 158 valence electrons. The van der Waals surface area contributed by atoms with Crippen molar-refractivity contribution in [2.75, 3.05) is 6.61 Å². The van der Waals surface area contributed by atoms with Gasteiger partial charge in [0.25, 0.3) is 11.8 Å². The number of amides is 2. The molecular formula is C26H26N2O3. The van der Waals surface area contributed by atoms with Gasteiger partial charge in [0.1, 0.15) is 11.4 Å². The van der Waals surface area contributed by atoms with Crippen LogP contribution in [0.4, 0.5) is 0 Å². The lowest BCUT2D eigenvalue weighted by Gasteiger charge is -2.17. The molecule has 0 unspecified atom stereocenters. The second-order valence-electron chi connectivity index (χ2n) is 6.95. The molecule has 3 aromatic carbocycles. The number of para-hydroxylation sites is 1. The van der Waals surface area contributed by atoms with Crippen LogP contribution in [0.5, 0.6) is 5.75 Å². The molecule has 0 bridgehead atoms. The van der Waals surface area contributed by atoms with Crippen molar-refractivity contribution in [3.8, 4) is 5.75 Å². The average Bonchev–Trinajstić information content (AvgIpc) is 2.81. The van der Waals surface area contributed by atoms with E-state index >= 15 is 0 Å². The van der Waals surface area contributed by atoms with Crippen LogP contribution in [0.15, 0.2) is 90.6 Å². The van der Waals surface area contributed by atoms with Gasteiger partial charge in [-0.3, -0.25) is 9.59 Å². The van der Waals surface area contributed by atoms with Crippen LogP contribution in [0.25, 0.3) is 6.08 Å². The summed E-state index contributed by atoms with van der Waals surface area (Å²) < 4.78 is 5.67. The largest absolute Gasteiger partial charge is 0.493 e. The van der Waals surface area contributed by atoms with Gasteiger partial charge in [-0.2, -0.15) is 0 Å². The quantitative estimate of drug-likeness (QED) is 0.524. The molecule has 3 rings (SSSR count). The number of carbonyl (C=O) groups excluding carboxylic acids is 2. The van der Waals surface area contributed by atoms with Crippen LogP contribution in [0, 0.1) is 0 Å². The average molecular weight is 415 g/mol. The van der Waals surface area contributed by atoms with E-state index in [2.05, 4.69) is 10.6 Å². The van der Waals surface area contributed by atoms with Gasteiger partial charge in [-0.25, -0.2) is 0 Å². The Morgan fingerprint density at radius 1 is 0.903 bits per heavy atom. The van der Waals surface area contributed by atoms with Gasteiger partial charge < -0.3 is 15.4 Å². The van der Waals surface area contributed by atoms with Gasteiger partial charge in [-0.05, 0) is 43.7 Å². The molecule has 0 fully saturated rings. The minimum absolute atomic E-state index is 0.142. The lowest BCUT2D eigenvalue weighted by atomic mass is 10.1. The summed E-state index contributed by atoms with van der Waals surface area (Å²) in [6, 6.07) is 25.6. The molecule has 2 amide bonds. The highest BCUT2D eigenvalue weighted by atomic mass is 16.5. The van der Waals surface area contributed by atoms with Crippen molar-refractivity contribution in [1.29, 1.82) is 0 Å². The molecule has 0 radical (unpaired) electrons. The fraction of sp³-hybridized carbons (Fsp3) is 0.154.